The van der Waals surface area contributed by atoms with Crippen molar-refractivity contribution in [1.29, 1.82) is 0 Å². The van der Waals surface area contributed by atoms with Crippen LogP contribution in [0.2, 0.25) is 5.02 Å². The van der Waals surface area contributed by atoms with Gasteiger partial charge < -0.3 is 15.5 Å². The van der Waals surface area contributed by atoms with Crippen LogP contribution in [0.4, 0.5) is 0 Å². The maximum atomic E-state index is 12.0. The molecule has 1 saturated heterocycles. The molecule has 2 rings (SSSR count). The number of nitrogens with two attached hydrogens (primary N) is 1. The molecule has 1 heterocycles. The minimum Gasteiger partial charge on any atom is -0.384 e. The highest BCUT2D eigenvalue weighted by atomic mass is 35.5. The van der Waals surface area contributed by atoms with Crippen molar-refractivity contribution >= 4 is 33.4 Å². The Balaban J connectivity index is 1.83. The highest BCUT2D eigenvalue weighted by molar-refractivity contribution is 7.88. The fraction of sp³-hybridized carbons (Fsp3) is 0.429. The molecule has 0 aliphatic carbocycles. The smallest absolute Gasteiger partial charge is 0.263 e. The molecule has 1 fully saturated rings. The molecule has 0 bridgehead atoms. The number of nitrogens with zero attached hydrogens (tertiary/aromatic N) is 3. The van der Waals surface area contributed by atoms with Gasteiger partial charge in [0.1, 0.15) is 0 Å². The first kappa shape index (κ1) is 18.5. The second-order valence-corrected chi connectivity index (χ2v) is 7.72. The number of carbonyl (C=O) groups excluding carboxylic acids is 1. The number of amidine groups is 1. The summed E-state index contributed by atoms with van der Waals surface area (Å²) in [5, 5.41) is 4.23. The average Bonchev–Trinajstić information content (AvgIpc) is 2.54. The van der Waals surface area contributed by atoms with Crippen LogP contribution in [0, 0.1) is 0 Å². The third-order valence-electron chi connectivity index (χ3n) is 3.53. The summed E-state index contributed by atoms with van der Waals surface area (Å²) in [4.78, 5) is 18.6. The van der Waals surface area contributed by atoms with E-state index in [9.17, 15) is 13.2 Å². The molecule has 1 aliphatic rings. The van der Waals surface area contributed by atoms with Gasteiger partial charge in [-0.2, -0.15) is 4.31 Å². The van der Waals surface area contributed by atoms with Gasteiger partial charge in [0, 0.05) is 36.8 Å². The zero-order valence-electron chi connectivity index (χ0n) is 13.2. The van der Waals surface area contributed by atoms with Crippen molar-refractivity contribution in [3.05, 3.63) is 34.9 Å². The van der Waals surface area contributed by atoms with Crippen LogP contribution in [0.25, 0.3) is 0 Å². The van der Waals surface area contributed by atoms with Crippen molar-refractivity contribution in [1.82, 2.24) is 9.21 Å². The number of sulfonamides is 1. The van der Waals surface area contributed by atoms with Crippen LogP contribution in [-0.2, 0) is 19.7 Å². The summed E-state index contributed by atoms with van der Waals surface area (Å²) in [7, 11) is -3.22. The molecule has 24 heavy (non-hydrogen) atoms. The van der Waals surface area contributed by atoms with Gasteiger partial charge in [0.25, 0.3) is 5.91 Å². The first-order valence-electron chi connectivity index (χ1n) is 7.21. The molecule has 0 spiro atoms. The van der Waals surface area contributed by atoms with Crippen LogP contribution in [0.1, 0.15) is 5.56 Å². The van der Waals surface area contributed by atoms with Crippen LogP contribution >= 0.6 is 11.6 Å². The summed E-state index contributed by atoms with van der Waals surface area (Å²) in [6, 6.07) is 6.79. The second kappa shape index (κ2) is 7.82. The van der Waals surface area contributed by atoms with Crippen molar-refractivity contribution in [2.45, 2.75) is 0 Å². The number of benzene rings is 1. The van der Waals surface area contributed by atoms with Crippen LogP contribution < -0.4 is 5.73 Å². The molecule has 0 unspecified atom stereocenters. The van der Waals surface area contributed by atoms with Crippen molar-refractivity contribution in [3.8, 4) is 0 Å². The molecule has 2 N–H and O–H groups in total. The number of oxime groups is 1. The zero-order chi connectivity index (χ0) is 17.7. The number of halogens is 1. The molecule has 8 nitrogen and oxygen atoms in total. The van der Waals surface area contributed by atoms with E-state index in [-0.39, 0.29) is 31.4 Å². The molecule has 1 aliphatic heterocycles. The van der Waals surface area contributed by atoms with Crippen LogP contribution in [-0.4, -0.2) is 68.4 Å². The lowest BCUT2D eigenvalue weighted by Gasteiger charge is -2.32. The highest BCUT2D eigenvalue weighted by Crippen LogP contribution is 2.10. The Kier molecular flexibility index (Phi) is 6.03. The maximum absolute atomic E-state index is 12.0. The minimum atomic E-state index is -3.22. The third kappa shape index (κ3) is 5.08. The summed E-state index contributed by atoms with van der Waals surface area (Å²) in [5.74, 6) is -0.155. The summed E-state index contributed by atoms with van der Waals surface area (Å²) in [6.45, 7) is 0.933. The lowest BCUT2D eigenvalue weighted by molar-refractivity contribution is -0.137. The van der Waals surface area contributed by atoms with Gasteiger partial charge in [-0.1, -0.05) is 28.9 Å². The van der Waals surface area contributed by atoms with Gasteiger partial charge in [-0.15, -0.1) is 0 Å². The van der Waals surface area contributed by atoms with Crippen LogP contribution in [0.3, 0.4) is 0 Å². The number of hydrogen-bond acceptors (Lipinski definition) is 5. The summed E-state index contributed by atoms with van der Waals surface area (Å²) >= 11 is 5.86. The molecule has 1 aromatic rings. The third-order valence-corrected chi connectivity index (χ3v) is 5.07. The van der Waals surface area contributed by atoms with Gasteiger partial charge in [-0.3, -0.25) is 4.79 Å². The molecule has 132 valence electrons. The Hall–Kier alpha value is -1.84. The van der Waals surface area contributed by atoms with Gasteiger partial charge in [-0.05, 0) is 12.1 Å². The zero-order valence-corrected chi connectivity index (χ0v) is 14.8. The summed E-state index contributed by atoms with van der Waals surface area (Å²) < 4.78 is 24.2. The molecule has 1 aromatic carbocycles. The fourth-order valence-electron chi connectivity index (χ4n) is 2.22. The number of piperazine rings is 1. The highest BCUT2D eigenvalue weighted by Gasteiger charge is 2.26. The predicted molar refractivity (Wildman–Crippen MR) is 91.1 cm³/mol. The standard InChI is InChI=1S/C14H19ClN4O4S/c1-24(21,22)19-7-5-18(6-8-19)13(20)10-23-17-14(16)11-3-2-4-12(15)9-11/h2-4,9H,5-8,10H2,1H3,(H2,16,17). The van der Waals surface area contributed by atoms with Crippen molar-refractivity contribution in [2.75, 3.05) is 39.0 Å². The summed E-state index contributed by atoms with van der Waals surface area (Å²) in [5.41, 5.74) is 6.36. The number of amides is 1. The fourth-order valence-corrected chi connectivity index (χ4v) is 3.23. The molecular weight excluding hydrogens is 356 g/mol. The molecule has 0 aromatic heterocycles. The number of carbonyl (C=O) groups is 1. The molecule has 0 atom stereocenters. The van der Waals surface area contributed by atoms with E-state index in [0.29, 0.717) is 23.7 Å². The Morgan fingerprint density at radius 3 is 2.58 bits per heavy atom. The minimum absolute atomic E-state index is 0.118. The van der Waals surface area contributed by atoms with E-state index in [4.69, 9.17) is 22.2 Å². The lowest BCUT2D eigenvalue weighted by Crippen LogP contribution is -2.51. The Morgan fingerprint density at radius 1 is 1.33 bits per heavy atom. The molecule has 1 amide bonds. The van der Waals surface area contributed by atoms with E-state index < -0.39 is 10.0 Å². The Labute approximate surface area is 145 Å². The normalized spacial score (nSPS) is 16.9. The quantitative estimate of drug-likeness (QED) is 0.446. The van der Waals surface area contributed by atoms with Crippen molar-refractivity contribution < 1.29 is 18.0 Å². The van der Waals surface area contributed by atoms with E-state index in [1.54, 1.807) is 24.3 Å². The van der Waals surface area contributed by atoms with Gasteiger partial charge in [0.15, 0.2) is 12.4 Å². The van der Waals surface area contributed by atoms with E-state index in [1.807, 2.05) is 0 Å². The van der Waals surface area contributed by atoms with Gasteiger partial charge in [-0.25, -0.2) is 8.42 Å². The monoisotopic (exact) mass is 374 g/mol. The van der Waals surface area contributed by atoms with Crippen molar-refractivity contribution in [2.24, 2.45) is 10.9 Å². The van der Waals surface area contributed by atoms with Gasteiger partial charge in [0.2, 0.25) is 10.0 Å². The van der Waals surface area contributed by atoms with E-state index in [1.165, 1.54) is 9.21 Å². The summed E-state index contributed by atoms with van der Waals surface area (Å²) in [6.07, 6.45) is 1.15. The number of hydrogen-bond donors (Lipinski definition) is 1. The lowest BCUT2D eigenvalue weighted by atomic mass is 10.2. The predicted octanol–water partition coefficient (Wildman–Crippen LogP) is 0.0807. The maximum Gasteiger partial charge on any atom is 0.263 e. The first-order valence-corrected chi connectivity index (χ1v) is 9.44. The Morgan fingerprint density at radius 2 is 2.00 bits per heavy atom. The van der Waals surface area contributed by atoms with E-state index >= 15 is 0 Å². The largest absolute Gasteiger partial charge is 0.384 e. The van der Waals surface area contributed by atoms with Gasteiger partial charge >= 0.3 is 0 Å². The van der Waals surface area contributed by atoms with Crippen LogP contribution in [0.5, 0.6) is 0 Å². The Bertz CT molecular complexity index is 730. The topological polar surface area (TPSA) is 105 Å². The number of rotatable bonds is 5. The molecule has 0 saturated carbocycles. The first-order chi connectivity index (χ1) is 11.3. The van der Waals surface area contributed by atoms with E-state index in [0.717, 1.165) is 6.26 Å². The SMILES string of the molecule is CS(=O)(=O)N1CCN(C(=O)CO/N=C(/N)c2cccc(Cl)c2)CC1. The molecule has 0 radical (unpaired) electrons. The molecule has 10 heteroatoms. The van der Waals surface area contributed by atoms with E-state index in [2.05, 4.69) is 5.16 Å². The van der Waals surface area contributed by atoms with Crippen molar-refractivity contribution in [3.63, 3.8) is 0 Å². The van der Waals surface area contributed by atoms with Crippen LogP contribution in [0.15, 0.2) is 29.4 Å². The molecular formula is C14H19ClN4O4S. The average molecular weight is 375 g/mol. The second-order valence-electron chi connectivity index (χ2n) is 5.30. The van der Waals surface area contributed by atoms with Gasteiger partial charge in [0.05, 0.1) is 6.26 Å².